The van der Waals surface area contributed by atoms with E-state index in [2.05, 4.69) is 46.8 Å². The first-order valence-corrected chi connectivity index (χ1v) is 9.27. The molecule has 0 spiro atoms. The second-order valence-corrected chi connectivity index (χ2v) is 7.89. The molecule has 0 N–H and O–H groups in total. The maximum absolute atomic E-state index is 11.2. The van der Waals surface area contributed by atoms with Crippen LogP contribution in [-0.2, 0) is 18.8 Å². The highest BCUT2D eigenvalue weighted by Crippen LogP contribution is 2.42. The molecule has 1 aliphatic rings. The van der Waals surface area contributed by atoms with Gasteiger partial charge in [0.05, 0.1) is 17.3 Å². The van der Waals surface area contributed by atoms with E-state index in [1.54, 1.807) is 0 Å². The van der Waals surface area contributed by atoms with Crippen molar-refractivity contribution in [3.63, 3.8) is 0 Å². The quantitative estimate of drug-likeness (QED) is 0.259. The summed E-state index contributed by atoms with van der Waals surface area (Å²) in [5.74, 6) is -0.0769. The van der Waals surface area contributed by atoms with Crippen LogP contribution in [0.1, 0.15) is 80.6 Å². The second kappa shape index (κ2) is 9.05. The summed E-state index contributed by atoms with van der Waals surface area (Å²) in [6, 6.07) is 0. The van der Waals surface area contributed by atoms with E-state index in [-0.39, 0.29) is 36.2 Å². The molecule has 1 heterocycles. The number of hydrogen-bond acceptors (Lipinski definition) is 4. The van der Waals surface area contributed by atoms with Crippen LogP contribution < -0.4 is 0 Å². The number of carbonyl (C=O) groups is 1. The van der Waals surface area contributed by atoms with E-state index >= 15 is 0 Å². The van der Waals surface area contributed by atoms with Gasteiger partial charge in [-0.1, -0.05) is 31.9 Å². The third kappa shape index (κ3) is 6.25. The average molecular weight is 338 g/mol. The summed E-state index contributed by atoms with van der Waals surface area (Å²) in [5, 5.41) is 0. The zero-order chi connectivity index (χ0) is 18.4. The summed E-state index contributed by atoms with van der Waals surface area (Å²) < 4.78 is 17.7. The zero-order valence-corrected chi connectivity index (χ0v) is 16.6. The van der Waals surface area contributed by atoms with Crippen molar-refractivity contribution < 1.29 is 18.8 Å². The molecule has 0 aromatic heterocycles. The first-order valence-electron chi connectivity index (χ1n) is 9.27. The molecule has 1 fully saturated rings. The van der Waals surface area contributed by atoms with Gasteiger partial charge in [-0.2, -0.15) is 0 Å². The van der Waals surface area contributed by atoms with E-state index in [0.717, 1.165) is 19.3 Å². The molecule has 0 aromatic carbocycles. The maximum Gasteiger partial charge on any atom is 0.461 e. The highest BCUT2D eigenvalue weighted by atomic mass is 16.7. The Morgan fingerprint density at radius 1 is 1.17 bits per heavy atom. The minimum Gasteiger partial charge on any atom is -0.463 e. The van der Waals surface area contributed by atoms with Crippen LogP contribution in [0.2, 0.25) is 5.82 Å². The van der Waals surface area contributed by atoms with E-state index in [0.29, 0.717) is 0 Å². The Kier molecular flexibility index (Phi) is 8.01. The van der Waals surface area contributed by atoms with Crippen molar-refractivity contribution in [2.45, 2.75) is 104 Å². The van der Waals surface area contributed by atoms with Crippen molar-refractivity contribution >= 4 is 13.1 Å². The van der Waals surface area contributed by atoms with Gasteiger partial charge < -0.3 is 14.0 Å². The van der Waals surface area contributed by atoms with Gasteiger partial charge >= 0.3 is 13.1 Å². The highest BCUT2D eigenvalue weighted by molar-refractivity contribution is 6.47. The van der Waals surface area contributed by atoms with Gasteiger partial charge in [-0.15, -0.1) is 0 Å². The fourth-order valence-corrected chi connectivity index (χ4v) is 2.87. The van der Waals surface area contributed by atoms with Crippen LogP contribution in [-0.4, -0.2) is 30.4 Å². The number of allylic oxidation sites excluding steroid dienone is 2. The van der Waals surface area contributed by atoms with Gasteiger partial charge in [-0.05, 0) is 53.9 Å². The summed E-state index contributed by atoms with van der Waals surface area (Å²) in [4.78, 5) is 11.2. The van der Waals surface area contributed by atoms with Gasteiger partial charge in [-0.3, -0.25) is 4.79 Å². The maximum atomic E-state index is 11.2. The predicted octanol–water partition coefficient (Wildman–Crippen LogP) is 4.93. The molecular weight excluding hydrogens is 303 g/mol. The molecule has 0 aromatic rings. The summed E-state index contributed by atoms with van der Waals surface area (Å²) in [5.41, 5.74) is -0.682. The topological polar surface area (TPSA) is 44.8 Å². The lowest BCUT2D eigenvalue weighted by Crippen LogP contribution is -2.41. The smallest absolute Gasteiger partial charge is 0.461 e. The van der Waals surface area contributed by atoms with E-state index in [1.807, 2.05) is 6.92 Å². The number of carbonyl (C=O) groups excluding carboxylic acids is 1. The van der Waals surface area contributed by atoms with Gasteiger partial charge in [0.15, 0.2) is 0 Å². The van der Waals surface area contributed by atoms with Gasteiger partial charge in [0.1, 0.15) is 0 Å². The molecule has 0 unspecified atom stereocenters. The van der Waals surface area contributed by atoms with Gasteiger partial charge in [0.25, 0.3) is 0 Å². The van der Waals surface area contributed by atoms with Crippen LogP contribution in [0.3, 0.4) is 0 Å². The Morgan fingerprint density at radius 3 is 2.25 bits per heavy atom. The van der Waals surface area contributed by atoms with Gasteiger partial charge in [-0.25, -0.2) is 0 Å². The molecule has 138 valence electrons. The molecule has 24 heavy (non-hydrogen) atoms. The molecule has 0 radical (unpaired) electrons. The molecule has 0 aliphatic carbocycles. The number of esters is 1. The summed E-state index contributed by atoms with van der Waals surface area (Å²) >= 11 is 0. The average Bonchev–Trinajstić information content (AvgIpc) is 2.65. The Morgan fingerprint density at radius 2 is 1.75 bits per heavy atom. The van der Waals surface area contributed by atoms with Crippen molar-refractivity contribution in [1.82, 2.24) is 0 Å². The number of ether oxygens (including phenoxy) is 1. The van der Waals surface area contributed by atoms with Crippen LogP contribution in [0.15, 0.2) is 12.2 Å². The highest BCUT2D eigenvalue weighted by Gasteiger charge is 2.53. The van der Waals surface area contributed by atoms with Gasteiger partial charge in [0.2, 0.25) is 0 Å². The normalized spacial score (nSPS) is 21.9. The molecule has 4 nitrogen and oxygen atoms in total. The lowest BCUT2D eigenvalue weighted by atomic mass is 9.67. The van der Waals surface area contributed by atoms with Crippen LogP contribution >= 0.6 is 0 Å². The van der Waals surface area contributed by atoms with E-state index in [9.17, 15) is 4.79 Å². The number of hydrogen-bond donors (Lipinski definition) is 0. The molecule has 5 heteroatoms. The Hall–Kier alpha value is -0.805. The van der Waals surface area contributed by atoms with Crippen molar-refractivity contribution in [1.29, 1.82) is 0 Å². The van der Waals surface area contributed by atoms with E-state index in [1.165, 1.54) is 19.8 Å². The lowest BCUT2D eigenvalue weighted by molar-refractivity contribution is -0.145. The summed E-state index contributed by atoms with van der Waals surface area (Å²) in [6.07, 6.45) is 9.42. The van der Waals surface area contributed by atoms with E-state index < -0.39 is 0 Å². The Balaban J connectivity index is 2.74. The fraction of sp³-hybridized carbons (Fsp3) is 0.842. The van der Waals surface area contributed by atoms with E-state index in [4.69, 9.17) is 14.0 Å². The molecule has 0 saturated carbocycles. The first-order chi connectivity index (χ1) is 11.1. The minimum absolute atomic E-state index is 0.143. The Labute approximate surface area is 148 Å². The number of unbranched alkanes of at least 4 members (excludes halogenated alkanes) is 2. The predicted molar refractivity (Wildman–Crippen MR) is 99.0 cm³/mol. The first kappa shape index (κ1) is 21.2. The monoisotopic (exact) mass is 338 g/mol. The largest absolute Gasteiger partial charge is 0.463 e. The van der Waals surface area contributed by atoms with Crippen LogP contribution in [0.4, 0.5) is 0 Å². The molecule has 1 rings (SSSR count). The molecule has 1 aliphatic heterocycles. The standard InChI is InChI=1S/C19H35BO4/c1-8-9-10-11-12-13-17(14-15(2)22-16(3)21)20-23-18(4,5)19(6,7)24-20/h11-12,15,17H,8-10,13-14H2,1-7H3/b12-11+/t15-,17+/m1/s1. The molecule has 0 bridgehead atoms. The molecule has 2 atom stereocenters. The number of rotatable bonds is 9. The SMILES string of the molecule is CCCC/C=C/C[C@@H](C[C@@H](C)OC(C)=O)B1OC(C)(C)C(C)(C)O1. The van der Waals surface area contributed by atoms with Gasteiger partial charge in [0, 0.05) is 12.7 Å². The third-order valence-corrected chi connectivity index (χ3v) is 4.99. The van der Waals surface area contributed by atoms with Crippen molar-refractivity contribution in [2.75, 3.05) is 0 Å². The van der Waals surface area contributed by atoms with Crippen molar-refractivity contribution in [3.05, 3.63) is 12.2 Å². The van der Waals surface area contributed by atoms with Crippen molar-refractivity contribution in [2.24, 2.45) is 0 Å². The molecule has 1 saturated heterocycles. The lowest BCUT2D eigenvalue weighted by Gasteiger charge is -2.32. The van der Waals surface area contributed by atoms with Crippen LogP contribution in [0.25, 0.3) is 0 Å². The van der Waals surface area contributed by atoms with Crippen molar-refractivity contribution in [3.8, 4) is 0 Å². The fourth-order valence-electron chi connectivity index (χ4n) is 2.87. The minimum atomic E-state index is -0.341. The zero-order valence-electron chi connectivity index (χ0n) is 16.6. The second-order valence-electron chi connectivity index (χ2n) is 7.89. The molecular formula is C19H35BO4. The van der Waals surface area contributed by atoms with Crippen LogP contribution in [0, 0.1) is 0 Å². The summed E-state index contributed by atoms with van der Waals surface area (Å²) in [7, 11) is -0.274. The van der Waals surface area contributed by atoms with Crippen LogP contribution in [0.5, 0.6) is 0 Å². The summed E-state index contributed by atoms with van der Waals surface area (Å²) in [6.45, 7) is 13.8. The third-order valence-electron chi connectivity index (χ3n) is 4.99. The Bertz CT molecular complexity index is 415. The molecule has 0 amide bonds.